The monoisotopic (exact) mass is 222 g/mol. The largest absolute Gasteiger partial charge is 0.394 e. The van der Waals surface area contributed by atoms with Crippen molar-refractivity contribution < 1.29 is 9.84 Å². The third-order valence-corrected chi connectivity index (χ3v) is 2.76. The Bertz CT molecular complexity index is 318. The molecule has 2 rings (SSSR count). The van der Waals surface area contributed by atoms with Gasteiger partial charge < -0.3 is 9.84 Å². The fraction of sp³-hybridized carbons (Fsp3) is 0.583. The Morgan fingerprint density at radius 1 is 1.44 bits per heavy atom. The summed E-state index contributed by atoms with van der Waals surface area (Å²) in [5.74, 6) is 0. The van der Waals surface area contributed by atoms with E-state index in [1.165, 1.54) is 5.56 Å². The molecule has 2 heterocycles. The smallest absolute Gasteiger partial charge is 0.0936 e. The molecule has 4 nitrogen and oxygen atoms in total. The van der Waals surface area contributed by atoms with Gasteiger partial charge in [-0.2, -0.15) is 0 Å². The van der Waals surface area contributed by atoms with Gasteiger partial charge in [-0.1, -0.05) is 0 Å². The van der Waals surface area contributed by atoms with Gasteiger partial charge in [0.1, 0.15) is 0 Å². The Hall–Kier alpha value is -0.970. The lowest BCUT2D eigenvalue weighted by Crippen LogP contribution is -2.47. The highest BCUT2D eigenvalue weighted by Gasteiger charge is 2.24. The molecule has 0 radical (unpaired) electrons. The summed E-state index contributed by atoms with van der Waals surface area (Å²) in [7, 11) is 0. The van der Waals surface area contributed by atoms with Crippen LogP contribution in [-0.4, -0.2) is 46.9 Å². The van der Waals surface area contributed by atoms with E-state index in [4.69, 9.17) is 9.84 Å². The number of rotatable bonds is 3. The SMILES string of the molecule is CC1CN(Cc2ccncc2)CC(CO)O1. The first kappa shape index (κ1) is 11.5. The highest BCUT2D eigenvalue weighted by molar-refractivity contribution is 5.09. The Morgan fingerprint density at radius 3 is 2.88 bits per heavy atom. The van der Waals surface area contributed by atoms with Crippen molar-refractivity contribution in [1.82, 2.24) is 9.88 Å². The summed E-state index contributed by atoms with van der Waals surface area (Å²) >= 11 is 0. The minimum absolute atomic E-state index is 0.0504. The maximum absolute atomic E-state index is 9.13. The molecule has 0 aliphatic carbocycles. The summed E-state index contributed by atoms with van der Waals surface area (Å²) in [5, 5.41) is 9.13. The normalized spacial score (nSPS) is 26.9. The van der Waals surface area contributed by atoms with Crippen molar-refractivity contribution in [3.63, 3.8) is 0 Å². The van der Waals surface area contributed by atoms with E-state index in [0.717, 1.165) is 19.6 Å². The fourth-order valence-corrected chi connectivity index (χ4v) is 2.12. The summed E-state index contributed by atoms with van der Waals surface area (Å²) in [6, 6.07) is 4.04. The zero-order valence-corrected chi connectivity index (χ0v) is 9.54. The Labute approximate surface area is 95.9 Å². The number of ether oxygens (including phenoxy) is 1. The zero-order valence-electron chi connectivity index (χ0n) is 9.54. The molecule has 1 aliphatic rings. The van der Waals surface area contributed by atoms with Crippen molar-refractivity contribution in [2.24, 2.45) is 0 Å². The molecule has 4 heteroatoms. The molecule has 1 aromatic heterocycles. The summed E-state index contributed by atoms with van der Waals surface area (Å²) in [5.41, 5.74) is 1.25. The van der Waals surface area contributed by atoms with Crippen molar-refractivity contribution in [3.8, 4) is 0 Å². The van der Waals surface area contributed by atoms with Crippen molar-refractivity contribution in [2.45, 2.75) is 25.7 Å². The summed E-state index contributed by atoms with van der Waals surface area (Å²) in [6.45, 7) is 4.74. The van der Waals surface area contributed by atoms with Crippen LogP contribution < -0.4 is 0 Å². The van der Waals surface area contributed by atoms with Gasteiger partial charge in [0.05, 0.1) is 18.8 Å². The molecule has 0 spiro atoms. The van der Waals surface area contributed by atoms with E-state index in [1.807, 2.05) is 31.5 Å². The van der Waals surface area contributed by atoms with Crippen molar-refractivity contribution in [2.75, 3.05) is 19.7 Å². The number of hydrogen-bond acceptors (Lipinski definition) is 4. The van der Waals surface area contributed by atoms with Crippen LogP contribution in [0.15, 0.2) is 24.5 Å². The van der Waals surface area contributed by atoms with Crippen LogP contribution >= 0.6 is 0 Å². The molecule has 1 saturated heterocycles. The number of pyridine rings is 1. The number of nitrogens with zero attached hydrogens (tertiary/aromatic N) is 2. The number of aromatic nitrogens is 1. The van der Waals surface area contributed by atoms with E-state index in [1.54, 1.807) is 0 Å². The summed E-state index contributed by atoms with van der Waals surface area (Å²) in [6.07, 6.45) is 3.75. The second-order valence-corrected chi connectivity index (χ2v) is 4.30. The van der Waals surface area contributed by atoms with E-state index in [9.17, 15) is 0 Å². The lowest BCUT2D eigenvalue weighted by atomic mass is 10.2. The molecule has 1 aromatic rings. The van der Waals surface area contributed by atoms with Crippen LogP contribution in [0.5, 0.6) is 0 Å². The first-order valence-corrected chi connectivity index (χ1v) is 5.65. The molecular formula is C12H18N2O2. The molecule has 16 heavy (non-hydrogen) atoms. The number of hydrogen-bond donors (Lipinski definition) is 1. The molecule has 2 atom stereocenters. The first-order valence-electron chi connectivity index (χ1n) is 5.65. The van der Waals surface area contributed by atoms with Gasteiger partial charge in [-0.25, -0.2) is 0 Å². The molecule has 1 fully saturated rings. The van der Waals surface area contributed by atoms with Crippen LogP contribution in [0.25, 0.3) is 0 Å². The van der Waals surface area contributed by atoms with E-state index in [0.29, 0.717) is 0 Å². The van der Waals surface area contributed by atoms with Gasteiger partial charge in [-0.05, 0) is 24.6 Å². The topological polar surface area (TPSA) is 45.6 Å². The van der Waals surface area contributed by atoms with Crippen LogP contribution in [0.1, 0.15) is 12.5 Å². The van der Waals surface area contributed by atoms with Crippen LogP contribution in [0.4, 0.5) is 0 Å². The number of morpholine rings is 1. The molecule has 0 bridgehead atoms. The third kappa shape index (κ3) is 3.01. The quantitative estimate of drug-likeness (QED) is 0.816. The van der Waals surface area contributed by atoms with Crippen LogP contribution in [0, 0.1) is 0 Å². The van der Waals surface area contributed by atoms with Gasteiger partial charge >= 0.3 is 0 Å². The maximum atomic E-state index is 9.13. The summed E-state index contributed by atoms with van der Waals surface area (Å²) in [4.78, 5) is 6.31. The van der Waals surface area contributed by atoms with E-state index >= 15 is 0 Å². The van der Waals surface area contributed by atoms with Crippen LogP contribution in [-0.2, 0) is 11.3 Å². The minimum atomic E-state index is -0.0504. The first-order chi connectivity index (χ1) is 7.78. The maximum Gasteiger partial charge on any atom is 0.0936 e. The molecule has 2 unspecified atom stereocenters. The second-order valence-electron chi connectivity index (χ2n) is 4.30. The molecule has 1 aliphatic heterocycles. The molecule has 0 aromatic carbocycles. The van der Waals surface area contributed by atoms with Crippen molar-refractivity contribution in [3.05, 3.63) is 30.1 Å². The Balaban J connectivity index is 1.94. The van der Waals surface area contributed by atoms with Crippen molar-refractivity contribution >= 4 is 0 Å². The average molecular weight is 222 g/mol. The lowest BCUT2D eigenvalue weighted by molar-refractivity contribution is -0.0972. The number of aliphatic hydroxyl groups is 1. The average Bonchev–Trinajstić information content (AvgIpc) is 2.29. The molecular weight excluding hydrogens is 204 g/mol. The Morgan fingerprint density at radius 2 is 2.19 bits per heavy atom. The molecule has 88 valence electrons. The zero-order chi connectivity index (χ0) is 11.4. The van der Waals surface area contributed by atoms with Gasteiger partial charge in [-0.15, -0.1) is 0 Å². The van der Waals surface area contributed by atoms with Crippen LogP contribution in [0.3, 0.4) is 0 Å². The third-order valence-electron chi connectivity index (χ3n) is 2.76. The van der Waals surface area contributed by atoms with Crippen molar-refractivity contribution in [1.29, 1.82) is 0 Å². The van der Waals surface area contributed by atoms with E-state index in [2.05, 4.69) is 9.88 Å². The predicted molar refractivity (Wildman–Crippen MR) is 60.9 cm³/mol. The van der Waals surface area contributed by atoms with Gasteiger partial charge in [0.2, 0.25) is 0 Å². The molecule has 1 N–H and O–H groups in total. The lowest BCUT2D eigenvalue weighted by Gasteiger charge is -2.36. The highest BCUT2D eigenvalue weighted by atomic mass is 16.5. The van der Waals surface area contributed by atoms with Gasteiger partial charge in [0.15, 0.2) is 0 Å². The van der Waals surface area contributed by atoms with E-state index < -0.39 is 0 Å². The predicted octanol–water partition coefficient (Wildman–Crippen LogP) is 0.663. The molecule has 0 amide bonds. The second kappa shape index (κ2) is 5.39. The van der Waals surface area contributed by atoms with E-state index in [-0.39, 0.29) is 18.8 Å². The van der Waals surface area contributed by atoms with Gasteiger partial charge in [0, 0.05) is 32.0 Å². The fourth-order valence-electron chi connectivity index (χ4n) is 2.12. The number of aliphatic hydroxyl groups excluding tert-OH is 1. The van der Waals surface area contributed by atoms with Gasteiger partial charge in [0.25, 0.3) is 0 Å². The summed E-state index contributed by atoms with van der Waals surface area (Å²) < 4.78 is 5.60. The molecule has 0 saturated carbocycles. The minimum Gasteiger partial charge on any atom is -0.394 e. The van der Waals surface area contributed by atoms with Gasteiger partial charge in [-0.3, -0.25) is 9.88 Å². The van der Waals surface area contributed by atoms with Crippen LogP contribution in [0.2, 0.25) is 0 Å². The highest BCUT2D eigenvalue weighted by Crippen LogP contribution is 2.13. The standard InChI is InChI=1S/C12H18N2O2/c1-10-6-14(8-12(9-15)16-10)7-11-2-4-13-5-3-11/h2-5,10,12,15H,6-9H2,1H3. The Kier molecular flexibility index (Phi) is 3.88.